The molecular weight excluding hydrogens is 314 g/mol. The van der Waals surface area contributed by atoms with Gasteiger partial charge in [-0.05, 0) is 42.0 Å². The van der Waals surface area contributed by atoms with Crippen molar-refractivity contribution in [3.8, 4) is 0 Å². The minimum atomic E-state index is -0.633. The molecule has 2 aromatic rings. The first-order chi connectivity index (χ1) is 12.2. The normalized spacial score (nSPS) is 22.8. The van der Waals surface area contributed by atoms with Gasteiger partial charge < -0.3 is 4.57 Å². The molecule has 2 aliphatic rings. The summed E-state index contributed by atoms with van der Waals surface area (Å²) >= 11 is 0. The van der Waals surface area contributed by atoms with Crippen molar-refractivity contribution in [1.82, 2.24) is 9.55 Å². The lowest BCUT2D eigenvalue weighted by atomic mass is 9.89. The minimum absolute atomic E-state index is 0.203. The van der Waals surface area contributed by atoms with Gasteiger partial charge in [0.2, 0.25) is 6.04 Å². The summed E-state index contributed by atoms with van der Waals surface area (Å²) in [7, 11) is 0. The molecule has 0 fully saturated rings. The van der Waals surface area contributed by atoms with Crippen LogP contribution in [0.25, 0.3) is 5.57 Å². The van der Waals surface area contributed by atoms with Gasteiger partial charge in [-0.15, -0.1) is 0 Å². The van der Waals surface area contributed by atoms with E-state index in [2.05, 4.69) is 27.8 Å². The van der Waals surface area contributed by atoms with Crippen LogP contribution in [-0.4, -0.2) is 20.5 Å². The fraction of sp³-hybridized carbons (Fsp3) is 0.350. The van der Waals surface area contributed by atoms with E-state index >= 15 is 0 Å². The van der Waals surface area contributed by atoms with Crippen LogP contribution in [0, 0.1) is 10.1 Å². The Morgan fingerprint density at radius 2 is 2.12 bits per heavy atom. The van der Waals surface area contributed by atoms with E-state index in [1.54, 1.807) is 6.08 Å². The highest BCUT2D eigenvalue weighted by atomic mass is 16.6. The first-order valence-corrected chi connectivity index (χ1v) is 8.86. The lowest BCUT2D eigenvalue weighted by Gasteiger charge is -2.23. The fourth-order valence-electron chi connectivity index (χ4n) is 3.94. The van der Waals surface area contributed by atoms with E-state index in [9.17, 15) is 10.1 Å². The van der Waals surface area contributed by atoms with E-state index in [4.69, 9.17) is 0 Å². The molecular formula is C20H21N3O2. The molecule has 1 aliphatic heterocycles. The zero-order valence-corrected chi connectivity index (χ0v) is 14.0. The summed E-state index contributed by atoms with van der Waals surface area (Å²) in [6.45, 7) is 0. The highest BCUT2D eigenvalue weighted by Gasteiger charge is 2.25. The van der Waals surface area contributed by atoms with Crippen LogP contribution in [0.1, 0.15) is 48.5 Å². The highest BCUT2D eigenvalue weighted by molar-refractivity contribution is 5.77. The number of fused-ring (bicyclic) bond motifs is 1. The third-order valence-corrected chi connectivity index (χ3v) is 5.19. The molecule has 4 rings (SSSR count). The monoisotopic (exact) mass is 335 g/mol. The summed E-state index contributed by atoms with van der Waals surface area (Å²) in [6.07, 6.45) is 14.6. The molecule has 0 amide bonds. The number of hydrogen-bond donors (Lipinski definition) is 0. The van der Waals surface area contributed by atoms with Gasteiger partial charge in [0.15, 0.2) is 0 Å². The van der Waals surface area contributed by atoms with E-state index < -0.39 is 6.04 Å². The molecule has 2 heterocycles. The second kappa shape index (κ2) is 6.67. The Bertz CT molecular complexity index is 850. The number of nitrogens with zero attached hydrogens (tertiary/aromatic N) is 3. The molecule has 128 valence electrons. The Hall–Kier alpha value is -2.69. The molecule has 5 heteroatoms. The maximum Gasteiger partial charge on any atom is 0.235 e. The molecule has 0 saturated heterocycles. The van der Waals surface area contributed by atoms with Crippen molar-refractivity contribution in [3.05, 3.63) is 82.0 Å². The molecule has 2 atom stereocenters. The Morgan fingerprint density at radius 1 is 1.24 bits per heavy atom. The van der Waals surface area contributed by atoms with Gasteiger partial charge in [0.1, 0.15) is 0 Å². The van der Waals surface area contributed by atoms with Gasteiger partial charge in [-0.2, -0.15) is 0 Å². The second-order valence-electron chi connectivity index (χ2n) is 6.75. The molecule has 0 bridgehead atoms. The van der Waals surface area contributed by atoms with Crippen LogP contribution in [0.15, 0.2) is 55.0 Å². The maximum absolute atomic E-state index is 11.2. The van der Waals surface area contributed by atoms with Crippen molar-refractivity contribution in [2.24, 2.45) is 0 Å². The second-order valence-corrected chi connectivity index (χ2v) is 6.75. The topological polar surface area (TPSA) is 61.0 Å². The molecule has 0 N–H and O–H groups in total. The van der Waals surface area contributed by atoms with E-state index in [1.807, 2.05) is 30.7 Å². The Kier molecular flexibility index (Phi) is 4.22. The van der Waals surface area contributed by atoms with Crippen LogP contribution < -0.4 is 0 Å². The number of benzene rings is 1. The number of aromatic nitrogens is 2. The Labute approximate surface area is 146 Å². The van der Waals surface area contributed by atoms with Crippen molar-refractivity contribution in [2.45, 2.75) is 44.2 Å². The summed E-state index contributed by atoms with van der Waals surface area (Å²) in [5.41, 5.74) is 4.54. The predicted molar refractivity (Wildman–Crippen MR) is 96.9 cm³/mol. The molecule has 25 heavy (non-hydrogen) atoms. The molecule has 2 unspecified atom stereocenters. The fourth-order valence-corrected chi connectivity index (χ4v) is 3.94. The Balaban J connectivity index is 1.78. The van der Waals surface area contributed by atoms with Crippen LogP contribution in [0.5, 0.6) is 0 Å². The maximum atomic E-state index is 11.2. The molecule has 1 aliphatic carbocycles. The largest absolute Gasteiger partial charge is 0.327 e. The zero-order chi connectivity index (χ0) is 17.2. The van der Waals surface area contributed by atoms with Gasteiger partial charge in [-0.3, -0.25) is 10.1 Å². The van der Waals surface area contributed by atoms with Crippen LogP contribution >= 0.6 is 0 Å². The molecule has 0 radical (unpaired) electrons. The van der Waals surface area contributed by atoms with Crippen molar-refractivity contribution in [1.29, 1.82) is 0 Å². The van der Waals surface area contributed by atoms with E-state index in [0.29, 0.717) is 6.42 Å². The van der Waals surface area contributed by atoms with Crippen LogP contribution in [0.4, 0.5) is 0 Å². The van der Waals surface area contributed by atoms with Gasteiger partial charge in [0.05, 0.1) is 12.4 Å². The number of nitro groups is 1. The van der Waals surface area contributed by atoms with Crippen molar-refractivity contribution < 1.29 is 4.92 Å². The van der Waals surface area contributed by atoms with Gasteiger partial charge in [-0.1, -0.05) is 42.8 Å². The number of aryl methyl sites for hydroxylation is 1. The summed E-state index contributed by atoms with van der Waals surface area (Å²) in [5.74, 6) is 0. The summed E-state index contributed by atoms with van der Waals surface area (Å²) in [4.78, 5) is 15.3. The molecule has 5 nitrogen and oxygen atoms in total. The average Bonchev–Trinajstić information content (AvgIpc) is 3.01. The van der Waals surface area contributed by atoms with E-state index in [1.165, 1.54) is 24.1 Å². The summed E-state index contributed by atoms with van der Waals surface area (Å²) in [6, 6.07) is 7.90. The third kappa shape index (κ3) is 3.02. The smallest absolute Gasteiger partial charge is 0.235 e. The van der Waals surface area contributed by atoms with Crippen LogP contribution in [0.2, 0.25) is 0 Å². The Morgan fingerprint density at radius 3 is 3.00 bits per heavy atom. The number of rotatable bonds is 3. The first kappa shape index (κ1) is 15.8. The minimum Gasteiger partial charge on any atom is -0.327 e. The standard InChI is InChI=1S/C20H21N3O2/c24-23(25)16-8-5-6-15(12-16)18-9-2-3-10-19(18)20-11-4-1-7-17-13-21-14-22(17)20/h2-3,5-6,9-10,12-14,16,20H,1,4,7-8,11H2. The molecule has 1 aromatic carbocycles. The third-order valence-electron chi connectivity index (χ3n) is 5.19. The van der Waals surface area contributed by atoms with Gasteiger partial charge in [0.25, 0.3) is 0 Å². The number of hydrogen-bond acceptors (Lipinski definition) is 3. The van der Waals surface area contributed by atoms with Crippen molar-refractivity contribution in [2.75, 3.05) is 0 Å². The van der Waals surface area contributed by atoms with Gasteiger partial charge in [-0.25, -0.2) is 4.98 Å². The van der Waals surface area contributed by atoms with E-state index in [0.717, 1.165) is 24.0 Å². The highest BCUT2D eigenvalue weighted by Crippen LogP contribution is 2.35. The lowest BCUT2D eigenvalue weighted by molar-refractivity contribution is -0.508. The first-order valence-electron chi connectivity index (χ1n) is 8.86. The molecule has 0 spiro atoms. The lowest BCUT2D eigenvalue weighted by Crippen LogP contribution is -2.18. The SMILES string of the molecule is O=[N+]([O-])C1C=C(c2ccccc2C2CCCCc3cncn32)C=CC1. The molecule has 1 aromatic heterocycles. The summed E-state index contributed by atoms with van der Waals surface area (Å²) < 4.78 is 2.28. The number of allylic oxidation sites excluding steroid dienone is 2. The quantitative estimate of drug-likeness (QED) is 0.624. The summed E-state index contributed by atoms with van der Waals surface area (Å²) in [5, 5.41) is 11.2. The van der Waals surface area contributed by atoms with Crippen LogP contribution in [0.3, 0.4) is 0 Å². The van der Waals surface area contributed by atoms with Crippen molar-refractivity contribution in [3.63, 3.8) is 0 Å². The zero-order valence-electron chi connectivity index (χ0n) is 14.0. The molecule has 0 saturated carbocycles. The predicted octanol–water partition coefficient (Wildman–Crippen LogP) is 4.19. The van der Waals surface area contributed by atoms with E-state index in [-0.39, 0.29) is 11.0 Å². The average molecular weight is 335 g/mol. The van der Waals surface area contributed by atoms with Crippen LogP contribution in [-0.2, 0) is 6.42 Å². The van der Waals surface area contributed by atoms with Gasteiger partial charge in [0, 0.05) is 23.2 Å². The number of imidazole rings is 1. The van der Waals surface area contributed by atoms with Gasteiger partial charge >= 0.3 is 0 Å². The van der Waals surface area contributed by atoms with Crippen molar-refractivity contribution >= 4 is 5.57 Å².